The quantitative estimate of drug-likeness (QED) is 0.867. The molecular formula is C19H29N3O2. The number of carbonyl (C=O) groups is 1. The fourth-order valence-electron chi connectivity index (χ4n) is 4.23. The number of hydrogen-bond donors (Lipinski definition) is 2. The molecule has 5 nitrogen and oxygen atoms in total. The lowest BCUT2D eigenvalue weighted by molar-refractivity contribution is 0.169. The summed E-state index contributed by atoms with van der Waals surface area (Å²) < 4.78 is 0. The minimum atomic E-state index is -0.0591. The first-order valence-electron chi connectivity index (χ1n) is 9.06. The van der Waals surface area contributed by atoms with E-state index in [1.165, 1.54) is 18.4 Å². The summed E-state index contributed by atoms with van der Waals surface area (Å²) in [7, 11) is 1.74. The van der Waals surface area contributed by atoms with Gasteiger partial charge in [0.1, 0.15) is 0 Å². The Morgan fingerprint density at radius 3 is 2.83 bits per heavy atom. The van der Waals surface area contributed by atoms with E-state index in [1.807, 2.05) is 0 Å². The number of nitrogens with one attached hydrogen (secondary N) is 1. The summed E-state index contributed by atoms with van der Waals surface area (Å²) in [6.07, 6.45) is 3.53. The van der Waals surface area contributed by atoms with Crippen molar-refractivity contribution < 1.29 is 9.90 Å². The number of amides is 2. The highest BCUT2D eigenvalue weighted by Gasteiger charge is 2.40. The number of urea groups is 1. The highest BCUT2D eigenvalue weighted by Crippen LogP contribution is 2.37. The number of fused-ring (bicyclic) bond motifs is 1. The second-order valence-electron chi connectivity index (χ2n) is 7.24. The number of likely N-dealkylation sites (tertiary alicyclic amines) is 1. The summed E-state index contributed by atoms with van der Waals surface area (Å²) in [5.41, 5.74) is 1.36. The molecule has 2 aliphatic rings. The van der Waals surface area contributed by atoms with Crippen molar-refractivity contribution >= 4 is 6.03 Å². The maximum Gasteiger partial charge on any atom is 0.317 e. The fraction of sp³-hybridized carbons (Fsp3) is 0.632. The minimum Gasteiger partial charge on any atom is -0.395 e. The average molecular weight is 331 g/mol. The number of hydrogen-bond acceptors (Lipinski definition) is 3. The van der Waals surface area contributed by atoms with E-state index in [0.29, 0.717) is 18.4 Å². The molecule has 1 heterocycles. The Morgan fingerprint density at radius 2 is 2.08 bits per heavy atom. The molecule has 1 saturated heterocycles. The van der Waals surface area contributed by atoms with Crippen LogP contribution in [-0.2, 0) is 6.54 Å². The Bertz CT molecular complexity index is 537. The van der Waals surface area contributed by atoms with Gasteiger partial charge in [-0.1, -0.05) is 36.8 Å². The molecule has 2 fully saturated rings. The molecule has 1 aromatic rings. The van der Waals surface area contributed by atoms with Crippen LogP contribution < -0.4 is 5.32 Å². The Morgan fingerprint density at radius 1 is 1.29 bits per heavy atom. The lowest BCUT2D eigenvalue weighted by atomic mass is 9.78. The van der Waals surface area contributed by atoms with Crippen molar-refractivity contribution in [1.82, 2.24) is 15.1 Å². The van der Waals surface area contributed by atoms with Gasteiger partial charge in [0.25, 0.3) is 0 Å². The van der Waals surface area contributed by atoms with Crippen LogP contribution in [0.25, 0.3) is 0 Å². The predicted molar refractivity (Wildman–Crippen MR) is 94.6 cm³/mol. The lowest BCUT2D eigenvalue weighted by Gasteiger charge is -2.34. The topological polar surface area (TPSA) is 55.8 Å². The van der Waals surface area contributed by atoms with Crippen molar-refractivity contribution in [2.24, 2.45) is 11.8 Å². The molecule has 3 rings (SSSR count). The van der Waals surface area contributed by atoms with Gasteiger partial charge < -0.3 is 15.3 Å². The predicted octanol–water partition coefficient (Wildman–Crippen LogP) is 1.92. The van der Waals surface area contributed by atoms with E-state index < -0.39 is 0 Å². The van der Waals surface area contributed by atoms with Gasteiger partial charge >= 0.3 is 6.03 Å². The largest absolute Gasteiger partial charge is 0.395 e. The molecule has 1 aromatic carbocycles. The highest BCUT2D eigenvalue weighted by molar-refractivity contribution is 5.74. The molecule has 2 amide bonds. The van der Waals surface area contributed by atoms with Gasteiger partial charge in [0.05, 0.1) is 6.61 Å². The first-order chi connectivity index (χ1) is 11.7. The van der Waals surface area contributed by atoms with E-state index in [4.69, 9.17) is 5.11 Å². The summed E-state index contributed by atoms with van der Waals surface area (Å²) in [6.45, 7) is 3.59. The normalized spacial score (nSPS) is 26.8. The fourth-order valence-corrected chi connectivity index (χ4v) is 4.23. The van der Waals surface area contributed by atoms with Crippen LogP contribution in [0.15, 0.2) is 30.3 Å². The van der Waals surface area contributed by atoms with Crippen LogP contribution in [-0.4, -0.2) is 60.3 Å². The van der Waals surface area contributed by atoms with Gasteiger partial charge in [0.2, 0.25) is 0 Å². The second-order valence-corrected chi connectivity index (χ2v) is 7.24. The molecule has 2 N–H and O–H groups in total. The van der Waals surface area contributed by atoms with Crippen LogP contribution in [0.4, 0.5) is 4.79 Å². The van der Waals surface area contributed by atoms with Gasteiger partial charge in [0.15, 0.2) is 0 Å². The van der Waals surface area contributed by atoms with Crippen molar-refractivity contribution in [3.8, 4) is 0 Å². The van der Waals surface area contributed by atoms with E-state index in [0.717, 1.165) is 26.1 Å². The number of aliphatic hydroxyl groups is 1. The third-order valence-electron chi connectivity index (χ3n) is 5.51. The van der Waals surface area contributed by atoms with Gasteiger partial charge in [-0.2, -0.15) is 0 Å². The molecule has 0 bridgehead atoms. The van der Waals surface area contributed by atoms with Gasteiger partial charge in [0, 0.05) is 39.3 Å². The van der Waals surface area contributed by atoms with Crippen LogP contribution in [0.1, 0.15) is 24.8 Å². The molecule has 0 spiro atoms. The molecule has 0 unspecified atom stereocenters. The molecule has 3 atom stereocenters. The molecule has 132 valence electrons. The number of likely N-dealkylation sites (N-methyl/N-ethyl adjacent to an activating group) is 1. The zero-order valence-electron chi connectivity index (χ0n) is 14.5. The maximum absolute atomic E-state index is 12.3. The third kappa shape index (κ3) is 4.08. The van der Waals surface area contributed by atoms with E-state index in [2.05, 4.69) is 40.5 Å². The minimum absolute atomic E-state index is 0.00545. The smallest absolute Gasteiger partial charge is 0.317 e. The first kappa shape index (κ1) is 17.2. The van der Waals surface area contributed by atoms with E-state index in [-0.39, 0.29) is 18.7 Å². The Hall–Kier alpha value is -1.59. The van der Waals surface area contributed by atoms with Crippen LogP contribution in [0.2, 0.25) is 0 Å². The van der Waals surface area contributed by atoms with E-state index >= 15 is 0 Å². The van der Waals surface area contributed by atoms with Crippen molar-refractivity contribution in [2.45, 2.75) is 31.8 Å². The number of nitrogens with zero attached hydrogens (tertiary/aromatic N) is 2. The Balaban J connectivity index is 1.58. The van der Waals surface area contributed by atoms with Gasteiger partial charge in [-0.15, -0.1) is 0 Å². The number of rotatable bonds is 5. The van der Waals surface area contributed by atoms with Crippen LogP contribution in [0.5, 0.6) is 0 Å². The molecule has 0 aromatic heterocycles. The van der Waals surface area contributed by atoms with Gasteiger partial charge in [-0.05, 0) is 30.2 Å². The van der Waals surface area contributed by atoms with Crippen molar-refractivity contribution in [2.75, 3.05) is 33.3 Å². The molecule has 5 heteroatoms. The SMILES string of the molecule is CN(CCO)C(=O)N[C@@H]1CCC[C@@H]2CN(Cc3ccccc3)C[C@@H]21. The second kappa shape index (κ2) is 7.99. The van der Waals surface area contributed by atoms with Crippen molar-refractivity contribution in [3.63, 3.8) is 0 Å². The standard InChI is InChI=1S/C19H29N3O2/c1-21(10-11-23)19(24)20-18-9-5-8-16-13-22(14-17(16)18)12-15-6-3-2-4-7-15/h2-4,6-7,16-18,23H,5,8-14H2,1H3,(H,20,24)/t16-,17+,18-/m1/s1. The summed E-state index contributed by atoms with van der Waals surface area (Å²) >= 11 is 0. The van der Waals surface area contributed by atoms with Crippen LogP contribution in [0, 0.1) is 11.8 Å². The molecule has 24 heavy (non-hydrogen) atoms. The number of carbonyl (C=O) groups excluding carboxylic acids is 1. The van der Waals surface area contributed by atoms with E-state index in [9.17, 15) is 4.79 Å². The van der Waals surface area contributed by atoms with Gasteiger partial charge in [-0.3, -0.25) is 4.90 Å². The molecule has 0 radical (unpaired) electrons. The molecular weight excluding hydrogens is 302 g/mol. The monoisotopic (exact) mass is 331 g/mol. The third-order valence-corrected chi connectivity index (χ3v) is 5.51. The van der Waals surface area contributed by atoms with Crippen LogP contribution in [0.3, 0.4) is 0 Å². The van der Waals surface area contributed by atoms with Crippen molar-refractivity contribution in [3.05, 3.63) is 35.9 Å². The lowest BCUT2D eigenvalue weighted by Crippen LogP contribution is -2.49. The molecule has 1 aliphatic heterocycles. The molecule has 1 aliphatic carbocycles. The van der Waals surface area contributed by atoms with Crippen molar-refractivity contribution in [1.29, 1.82) is 0 Å². The summed E-state index contributed by atoms with van der Waals surface area (Å²) in [4.78, 5) is 16.4. The summed E-state index contributed by atoms with van der Waals surface area (Å²) in [5, 5.41) is 12.2. The Kier molecular flexibility index (Phi) is 5.74. The Labute approximate surface area is 144 Å². The first-order valence-corrected chi connectivity index (χ1v) is 9.06. The zero-order valence-corrected chi connectivity index (χ0v) is 14.5. The average Bonchev–Trinajstić information content (AvgIpc) is 2.99. The molecule has 1 saturated carbocycles. The maximum atomic E-state index is 12.3. The summed E-state index contributed by atoms with van der Waals surface area (Å²) in [5.74, 6) is 1.24. The highest BCUT2D eigenvalue weighted by atomic mass is 16.3. The summed E-state index contributed by atoms with van der Waals surface area (Å²) in [6, 6.07) is 10.8. The van der Waals surface area contributed by atoms with E-state index in [1.54, 1.807) is 11.9 Å². The van der Waals surface area contributed by atoms with Crippen LogP contribution >= 0.6 is 0 Å². The van der Waals surface area contributed by atoms with Gasteiger partial charge in [-0.25, -0.2) is 4.79 Å². The number of aliphatic hydroxyl groups excluding tert-OH is 1. The zero-order chi connectivity index (χ0) is 16.9. The number of benzene rings is 1.